The Kier molecular flexibility index (Phi) is 7.33. The van der Waals surface area contributed by atoms with Crippen molar-refractivity contribution in [2.45, 2.75) is 0 Å². The molecule has 298 valence electrons. The fraction of sp³-hybridized carbons (Fsp3) is 0. The van der Waals surface area contributed by atoms with E-state index in [1.807, 2.05) is 12.1 Å². The van der Waals surface area contributed by atoms with Crippen LogP contribution in [-0.2, 0) is 0 Å². The van der Waals surface area contributed by atoms with Crippen molar-refractivity contribution >= 4 is 87.4 Å². The van der Waals surface area contributed by atoms with Gasteiger partial charge in [-0.05, 0) is 89.5 Å². The molecule has 0 aliphatic rings. The van der Waals surface area contributed by atoms with Crippen LogP contribution in [0.15, 0.2) is 223 Å². The lowest BCUT2D eigenvalue weighted by atomic mass is 9.92. The molecule has 5 nitrogen and oxygen atoms in total. The number of fused-ring (bicyclic) bond motifs is 12. The third-order valence-electron chi connectivity index (χ3n) is 13.3. The van der Waals surface area contributed by atoms with Crippen molar-refractivity contribution < 1.29 is 4.42 Å². The predicted octanol–water partition coefficient (Wildman–Crippen LogP) is 15.6. The minimum Gasteiger partial charge on any atom is -0.456 e. The first-order valence-electron chi connectivity index (χ1n) is 21.8. The molecule has 0 saturated heterocycles. The van der Waals surface area contributed by atoms with Crippen molar-refractivity contribution in [3.05, 3.63) is 218 Å². The Morgan fingerprint density at radius 2 is 0.703 bits per heavy atom. The fourth-order valence-corrected chi connectivity index (χ4v) is 10.6. The maximum absolute atomic E-state index is 6.37. The summed E-state index contributed by atoms with van der Waals surface area (Å²) < 4.78 is 13.5. The number of benzene rings is 9. The van der Waals surface area contributed by atoms with Crippen LogP contribution in [-0.4, -0.2) is 18.7 Å². The average molecular weight is 817 g/mol. The van der Waals surface area contributed by atoms with Gasteiger partial charge in [0.05, 0.1) is 38.8 Å². The van der Waals surface area contributed by atoms with Crippen molar-refractivity contribution in [1.29, 1.82) is 0 Å². The minimum atomic E-state index is 0.839. The lowest BCUT2D eigenvalue weighted by Gasteiger charge is -2.21. The molecule has 0 aliphatic carbocycles. The molecule has 5 aromatic heterocycles. The first kappa shape index (κ1) is 35.0. The normalized spacial score (nSPS) is 12.1. The van der Waals surface area contributed by atoms with Gasteiger partial charge < -0.3 is 8.98 Å². The van der Waals surface area contributed by atoms with Crippen LogP contribution in [0.3, 0.4) is 0 Å². The van der Waals surface area contributed by atoms with Gasteiger partial charge in [0.2, 0.25) is 0 Å². The Morgan fingerprint density at radius 3 is 1.19 bits per heavy atom. The molecule has 5 heteroatoms. The first-order chi connectivity index (χ1) is 31.8. The van der Waals surface area contributed by atoms with Crippen LogP contribution >= 0.6 is 0 Å². The summed E-state index contributed by atoms with van der Waals surface area (Å²) in [4.78, 5) is 5.71. The number of hydrogen-bond acceptors (Lipinski definition) is 2. The van der Waals surface area contributed by atoms with E-state index >= 15 is 0 Å². The van der Waals surface area contributed by atoms with E-state index in [1.54, 1.807) is 0 Å². The lowest BCUT2D eigenvalue weighted by Crippen LogP contribution is -2.06. The van der Waals surface area contributed by atoms with E-state index in [4.69, 9.17) is 9.40 Å². The second-order valence-electron chi connectivity index (χ2n) is 16.7. The standard InChI is InChI=1S/C59H36N4O/c1-8-24-48-40(16-1)41-17-2-9-25-49(41)61(48)54-30-15-23-39(37-32-33-56-47(34-37)46-22-7-14-31-55(46)64-56)59(54)38-35-57(62-50-26-10-3-18-42(50)43-19-4-11-27-51(43)62)60-58(36-38)63-52-28-12-5-20-44(52)45-21-6-13-29-53(45)63/h1-36H. The van der Waals surface area contributed by atoms with E-state index in [-0.39, 0.29) is 0 Å². The van der Waals surface area contributed by atoms with Gasteiger partial charge in [0.1, 0.15) is 22.8 Å². The molecule has 0 saturated carbocycles. The quantitative estimate of drug-likeness (QED) is 0.174. The molecular formula is C59H36N4O. The zero-order valence-electron chi connectivity index (χ0n) is 34.5. The Hall–Kier alpha value is -8.67. The third-order valence-corrected chi connectivity index (χ3v) is 13.3. The number of hydrogen-bond donors (Lipinski definition) is 0. The van der Waals surface area contributed by atoms with Gasteiger partial charge >= 0.3 is 0 Å². The van der Waals surface area contributed by atoms with E-state index in [0.29, 0.717) is 0 Å². The van der Waals surface area contributed by atoms with E-state index in [9.17, 15) is 0 Å². The van der Waals surface area contributed by atoms with Crippen LogP contribution in [0.1, 0.15) is 0 Å². The predicted molar refractivity (Wildman–Crippen MR) is 265 cm³/mol. The summed E-state index contributed by atoms with van der Waals surface area (Å²) in [7, 11) is 0. The second kappa shape index (κ2) is 13.4. The van der Waals surface area contributed by atoms with Gasteiger partial charge in [-0.25, -0.2) is 4.98 Å². The van der Waals surface area contributed by atoms with Gasteiger partial charge in [0.25, 0.3) is 0 Å². The number of rotatable bonds is 5. The lowest BCUT2D eigenvalue weighted by molar-refractivity contribution is 0.669. The Morgan fingerprint density at radius 1 is 0.297 bits per heavy atom. The number of furan rings is 1. The third kappa shape index (κ3) is 4.98. The zero-order valence-corrected chi connectivity index (χ0v) is 34.5. The number of aromatic nitrogens is 4. The molecule has 0 atom stereocenters. The Balaban J connectivity index is 1.15. The summed E-state index contributed by atoms with van der Waals surface area (Å²) in [5, 5.41) is 9.39. The van der Waals surface area contributed by atoms with E-state index in [1.165, 1.54) is 32.3 Å². The molecule has 0 amide bonds. The van der Waals surface area contributed by atoms with Crippen LogP contribution in [0.25, 0.3) is 127 Å². The van der Waals surface area contributed by atoms with Gasteiger partial charge in [0.15, 0.2) is 0 Å². The van der Waals surface area contributed by atoms with Crippen LogP contribution in [0.5, 0.6) is 0 Å². The zero-order chi connectivity index (χ0) is 41.9. The summed E-state index contributed by atoms with van der Waals surface area (Å²) in [6, 6.07) is 78.6. The monoisotopic (exact) mass is 816 g/mol. The highest BCUT2D eigenvalue weighted by Crippen LogP contribution is 2.45. The van der Waals surface area contributed by atoms with Crippen LogP contribution in [0, 0.1) is 0 Å². The molecule has 0 spiro atoms. The molecule has 14 aromatic rings. The summed E-state index contributed by atoms with van der Waals surface area (Å²) >= 11 is 0. The topological polar surface area (TPSA) is 40.8 Å². The van der Waals surface area contributed by atoms with Crippen LogP contribution < -0.4 is 0 Å². The minimum absolute atomic E-state index is 0.839. The molecule has 0 radical (unpaired) electrons. The second-order valence-corrected chi connectivity index (χ2v) is 16.7. The van der Waals surface area contributed by atoms with Crippen molar-refractivity contribution in [3.63, 3.8) is 0 Å². The number of pyridine rings is 1. The molecule has 0 unspecified atom stereocenters. The van der Waals surface area contributed by atoms with Gasteiger partial charge in [-0.1, -0.05) is 146 Å². The average Bonchev–Trinajstić information content (AvgIpc) is 4.10. The molecule has 5 heterocycles. The Labute approximate surface area is 366 Å². The maximum atomic E-state index is 6.37. The summed E-state index contributed by atoms with van der Waals surface area (Å²) in [6.07, 6.45) is 0. The van der Waals surface area contributed by atoms with Crippen molar-refractivity contribution in [3.8, 4) is 39.6 Å². The summed E-state index contributed by atoms with van der Waals surface area (Å²) in [5.41, 5.74) is 13.9. The summed E-state index contributed by atoms with van der Waals surface area (Å²) in [6.45, 7) is 0. The van der Waals surface area contributed by atoms with Gasteiger partial charge in [-0.2, -0.15) is 0 Å². The van der Waals surface area contributed by atoms with E-state index in [0.717, 1.165) is 94.6 Å². The van der Waals surface area contributed by atoms with Gasteiger partial charge in [-0.3, -0.25) is 9.13 Å². The van der Waals surface area contributed by atoms with Crippen LogP contribution in [0.2, 0.25) is 0 Å². The molecular weight excluding hydrogens is 781 g/mol. The molecule has 9 aromatic carbocycles. The number of nitrogens with zero attached hydrogens (tertiary/aromatic N) is 4. The first-order valence-corrected chi connectivity index (χ1v) is 21.8. The SMILES string of the molecule is c1cc(-c2ccc3oc4ccccc4c3c2)c(-c2cc(-n3c4ccccc4c4ccccc43)nc(-n3c4ccccc4c4ccccc43)c2)c(-n2c3ccccc3c3ccccc32)c1. The molecule has 0 bridgehead atoms. The highest BCUT2D eigenvalue weighted by Gasteiger charge is 2.24. The van der Waals surface area contributed by atoms with Crippen LogP contribution in [0.4, 0.5) is 0 Å². The van der Waals surface area contributed by atoms with Gasteiger partial charge in [-0.15, -0.1) is 0 Å². The van der Waals surface area contributed by atoms with E-state index < -0.39 is 0 Å². The number of para-hydroxylation sites is 7. The van der Waals surface area contributed by atoms with Crippen molar-refractivity contribution in [2.75, 3.05) is 0 Å². The molecule has 0 aliphatic heterocycles. The molecule has 64 heavy (non-hydrogen) atoms. The largest absolute Gasteiger partial charge is 0.456 e. The van der Waals surface area contributed by atoms with Crippen molar-refractivity contribution in [2.24, 2.45) is 0 Å². The maximum Gasteiger partial charge on any atom is 0.140 e. The molecule has 14 rings (SSSR count). The van der Waals surface area contributed by atoms with Gasteiger partial charge in [0, 0.05) is 48.7 Å². The molecule has 0 N–H and O–H groups in total. The van der Waals surface area contributed by atoms with Crippen molar-refractivity contribution in [1.82, 2.24) is 18.7 Å². The highest BCUT2D eigenvalue weighted by atomic mass is 16.3. The molecule has 0 fully saturated rings. The smallest absolute Gasteiger partial charge is 0.140 e. The fourth-order valence-electron chi connectivity index (χ4n) is 10.6. The highest BCUT2D eigenvalue weighted by molar-refractivity contribution is 6.13. The van der Waals surface area contributed by atoms with E-state index in [2.05, 4.69) is 220 Å². The Bertz CT molecular complexity index is 3920. The summed E-state index contributed by atoms with van der Waals surface area (Å²) in [5.74, 6) is 1.68.